The van der Waals surface area contributed by atoms with Crippen molar-refractivity contribution in [2.24, 2.45) is 0 Å². The van der Waals surface area contributed by atoms with Gasteiger partial charge < -0.3 is 19.7 Å². The number of aryl methyl sites for hydroxylation is 1. The van der Waals surface area contributed by atoms with Gasteiger partial charge in [0.15, 0.2) is 5.95 Å². The SMILES string of the molecule is CCOCCCNCc1c([O-])on[n+]1-c1ccc(C)cc1. The maximum atomic E-state index is 11.7. The summed E-state index contributed by atoms with van der Waals surface area (Å²) in [6.45, 7) is 6.62. The average molecular weight is 291 g/mol. The molecule has 6 nitrogen and oxygen atoms in total. The number of benzene rings is 1. The first kappa shape index (κ1) is 15.5. The average Bonchev–Trinajstić information content (AvgIpc) is 2.85. The number of rotatable bonds is 8. The van der Waals surface area contributed by atoms with Crippen molar-refractivity contribution in [2.45, 2.75) is 26.8 Å². The fourth-order valence-electron chi connectivity index (χ4n) is 1.95. The van der Waals surface area contributed by atoms with E-state index in [1.807, 2.05) is 38.1 Å². The molecule has 0 atom stereocenters. The van der Waals surface area contributed by atoms with Crippen LogP contribution in [0.4, 0.5) is 0 Å². The van der Waals surface area contributed by atoms with Crippen LogP contribution in [0.25, 0.3) is 5.69 Å². The quantitative estimate of drug-likeness (QED) is 0.576. The molecule has 1 aromatic carbocycles. The molecule has 2 aromatic rings. The summed E-state index contributed by atoms with van der Waals surface area (Å²) >= 11 is 0. The van der Waals surface area contributed by atoms with Gasteiger partial charge in [0.05, 0.1) is 11.8 Å². The fourth-order valence-corrected chi connectivity index (χ4v) is 1.95. The lowest BCUT2D eigenvalue weighted by Gasteiger charge is -2.03. The highest BCUT2D eigenvalue weighted by molar-refractivity contribution is 5.27. The molecule has 0 aliphatic rings. The van der Waals surface area contributed by atoms with Crippen LogP contribution in [0.15, 0.2) is 28.8 Å². The van der Waals surface area contributed by atoms with Crippen molar-refractivity contribution < 1.29 is 19.0 Å². The summed E-state index contributed by atoms with van der Waals surface area (Å²) in [5, 5.41) is 18.7. The third kappa shape index (κ3) is 4.27. The first-order chi connectivity index (χ1) is 10.2. The minimum atomic E-state index is -0.409. The number of ether oxygens (including phenoxy) is 1. The van der Waals surface area contributed by atoms with E-state index in [0.29, 0.717) is 12.2 Å². The molecule has 0 bridgehead atoms. The fraction of sp³-hybridized carbons (Fsp3) is 0.467. The van der Waals surface area contributed by atoms with E-state index < -0.39 is 5.95 Å². The third-order valence-electron chi connectivity index (χ3n) is 3.11. The van der Waals surface area contributed by atoms with Crippen LogP contribution < -0.4 is 15.1 Å². The number of hydrogen-bond acceptors (Lipinski definition) is 5. The number of aromatic nitrogens is 2. The lowest BCUT2D eigenvalue weighted by molar-refractivity contribution is -0.677. The predicted molar refractivity (Wildman–Crippen MR) is 75.0 cm³/mol. The minimum Gasteiger partial charge on any atom is -0.539 e. The summed E-state index contributed by atoms with van der Waals surface area (Å²) < 4.78 is 11.6. The molecule has 0 amide bonds. The second-order valence-electron chi connectivity index (χ2n) is 4.78. The van der Waals surface area contributed by atoms with Crippen LogP contribution in [0, 0.1) is 6.92 Å². The lowest BCUT2D eigenvalue weighted by atomic mass is 10.2. The summed E-state index contributed by atoms with van der Waals surface area (Å²) in [5.41, 5.74) is 2.47. The van der Waals surface area contributed by atoms with Gasteiger partial charge in [-0.25, -0.2) is 0 Å². The molecule has 1 N–H and O–H groups in total. The molecular formula is C15H21N3O3. The Bertz CT molecular complexity index is 552. The monoisotopic (exact) mass is 291 g/mol. The van der Waals surface area contributed by atoms with Crippen molar-refractivity contribution in [3.05, 3.63) is 35.5 Å². The van der Waals surface area contributed by atoms with E-state index in [1.165, 1.54) is 4.68 Å². The third-order valence-corrected chi connectivity index (χ3v) is 3.11. The molecule has 0 saturated heterocycles. The van der Waals surface area contributed by atoms with Gasteiger partial charge in [0.2, 0.25) is 5.69 Å². The van der Waals surface area contributed by atoms with Gasteiger partial charge in [0.25, 0.3) is 5.69 Å². The smallest absolute Gasteiger partial charge is 0.253 e. The lowest BCUT2D eigenvalue weighted by Crippen LogP contribution is -2.39. The highest BCUT2D eigenvalue weighted by Crippen LogP contribution is 2.10. The van der Waals surface area contributed by atoms with E-state index in [9.17, 15) is 5.11 Å². The van der Waals surface area contributed by atoms with Crippen LogP contribution >= 0.6 is 0 Å². The molecule has 0 spiro atoms. The molecule has 1 aromatic heterocycles. The van der Waals surface area contributed by atoms with E-state index in [2.05, 4.69) is 10.6 Å². The predicted octanol–water partition coefficient (Wildman–Crippen LogP) is 0.850. The second kappa shape index (κ2) is 7.75. The largest absolute Gasteiger partial charge is 0.539 e. The topological polar surface area (TPSA) is 74.2 Å². The number of nitrogens with one attached hydrogen (secondary N) is 1. The molecule has 0 radical (unpaired) electrons. The molecule has 1 heterocycles. The highest BCUT2D eigenvalue weighted by atomic mass is 16.6. The van der Waals surface area contributed by atoms with Crippen molar-refractivity contribution in [2.75, 3.05) is 19.8 Å². The van der Waals surface area contributed by atoms with E-state index >= 15 is 0 Å². The summed E-state index contributed by atoms with van der Waals surface area (Å²) in [5.74, 6) is -0.409. The van der Waals surface area contributed by atoms with Crippen LogP contribution in [-0.2, 0) is 11.3 Å². The van der Waals surface area contributed by atoms with Gasteiger partial charge in [-0.2, -0.15) is 0 Å². The van der Waals surface area contributed by atoms with Crippen molar-refractivity contribution in [3.63, 3.8) is 0 Å². The zero-order valence-corrected chi connectivity index (χ0v) is 12.5. The first-order valence-corrected chi connectivity index (χ1v) is 7.15. The molecule has 21 heavy (non-hydrogen) atoms. The zero-order valence-electron chi connectivity index (χ0n) is 12.5. The van der Waals surface area contributed by atoms with Crippen molar-refractivity contribution in [3.8, 4) is 11.6 Å². The molecule has 0 fully saturated rings. The van der Waals surface area contributed by atoms with E-state index in [1.54, 1.807) is 0 Å². The van der Waals surface area contributed by atoms with Crippen molar-refractivity contribution in [1.82, 2.24) is 10.6 Å². The van der Waals surface area contributed by atoms with Gasteiger partial charge in [0, 0.05) is 25.3 Å². The number of nitrogens with zero attached hydrogens (tertiary/aromatic N) is 2. The van der Waals surface area contributed by atoms with Gasteiger partial charge in [0.1, 0.15) is 0 Å². The Balaban J connectivity index is 1.96. The molecule has 114 valence electrons. The molecule has 0 saturated carbocycles. The van der Waals surface area contributed by atoms with Crippen LogP contribution in [-0.4, -0.2) is 25.0 Å². The first-order valence-electron chi connectivity index (χ1n) is 7.15. The summed E-state index contributed by atoms with van der Waals surface area (Å²) in [4.78, 5) is 0. The summed E-state index contributed by atoms with van der Waals surface area (Å²) in [6, 6.07) is 7.77. The van der Waals surface area contributed by atoms with Gasteiger partial charge >= 0.3 is 0 Å². The van der Waals surface area contributed by atoms with E-state index in [4.69, 9.17) is 9.26 Å². The Hall–Kier alpha value is -1.92. The Kier molecular flexibility index (Phi) is 5.71. The number of hydrogen-bond donors (Lipinski definition) is 1. The molecule has 0 aliphatic heterocycles. The molecular weight excluding hydrogens is 270 g/mol. The standard InChI is InChI=1S/C15H21N3O3/c1-3-20-10-4-9-16-11-14-15(19)21-17-18(14)13-7-5-12(2)6-8-13/h5-8,16H,3-4,9-11H2,1-2H3. The van der Waals surface area contributed by atoms with E-state index in [0.717, 1.165) is 37.4 Å². The van der Waals surface area contributed by atoms with Crippen LogP contribution in [0.1, 0.15) is 24.6 Å². The Labute approximate surface area is 124 Å². The molecule has 2 rings (SSSR count). The van der Waals surface area contributed by atoms with Crippen LogP contribution in [0.2, 0.25) is 0 Å². The Morgan fingerprint density at radius 2 is 2.10 bits per heavy atom. The van der Waals surface area contributed by atoms with E-state index in [-0.39, 0.29) is 0 Å². The molecule has 6 heteroatoms. The van der Waals surface area contributed by atoms with Gasteiger partial charge in [-0.3, -0.25) is 0 Å². The maximum Gasteiger partial charge on any atom is 0.253 e. The van der Waals surface area contributed by atoms with Gasteiger partial charge in [-0.05, 0) is 31.5 Å². The summed E-state index contributed by atoms with van der Waals surface area (Å²) in [7, 11) is 0. The van der Waals surface area contributed by atoms with Crippen molar-refractivity contribution >= 4 is 0 Å². The van der Waals surface area contributed by atoms with Crippen molar-refractivity contribution in [1.29, 1.82) is 0 Å². The van der Waals surface area contributed by atoms with Crippen LogP contribution in [0.3, 0.4) is 0 Å². The van der Waals surface area contributed by atoms with Gasteiger partial charge in [-0.1, -0.05) is 17.7 Å². The zero-order chi connectivity index (χ0) is 15.1. The molecule has 0 unspecified atom stereocenters. The Morgan fingerprint density at radius 1 is 1.33 bits per heavy atom. The maximum absolute atomic E-state index is 11.7. The Morgan fingerprint density at radius 3 is 2.81 bits per heavy atom. The van der Waals surface area contributed by atoms with Crippen LogP contribution in [0.5, 0.6) is 5.95 Å². The van der Waals surface area contributed by atoms with Gasteiger partial charge in [-0.15, -0.1) is 0 Å². The normalized spacial score (nSPS) is 11.0. The summed E-state index contributed by atoms with van der Waals surface area (Å²) in [6.07, 6.45) is 0.901. The molecule has 0 aliphatic carbocycles. The minimum absolute atomic E-state index is 0.409. The highest BCUT2D eigenvalue weighted by Gasteiger charge is 2.19. The second-order valence-corrected chi connectivity index (χ2v) is 4.78.